The molecule has 98 valence electrons. The lowest BCUT2D eigenvalue weighted by molar-refractivity contribution is -0.121. The van der Waals surface area contributed by atoms with Gasteiger partial charge in [0, 0.05) is 19.0 Å². The number of carboxylic acid groups (broad SMARTS) is 1. The minimum atomic E-state index is -1.01. The highest BCUT2D eigenvalue weighted by atomic mass is 16.4. The summed E-state index contributed by atoms with van der Waals surface area (Å²) in [6.07, 6.45) is 3.80. The van der Waals surface area contributed by atoms with Gasteiger partial charge in [-0.25, -0.2) is 4.79 Å². The second kappa shape index (κ2) is 5.68. The number of aromatic carboxylic acids is 1. The molecule has 0 saturated heterocycles. The maximum absolute atomic E-state index is 11.3. The van der Waals surface area contributed by atoms with Crippen molar-refractivity contribution in [3.63, 3.8) is 0 Å². The molecule has 0 unspecified atom stereocenters. The number of hydrogen-bond donors (Lipinski definition) is 3. The molecule has 0 bridgehead atoms. The maximum atomic E-state index is 11.3. The Morgan fingerprint density at radius 1 is 1.44 bits per heavy atom. The molecule has 3 N–H and O–H groups in total. The minimum absolute atomic E-state index is 0.0515. The Morgan fingerprint density at radius 3 is 2.83 bits per heavy atom. The van der Waals surface area contributed by atoms with Crippen molar-refractivity contribution < 1.29 is 19.1 Å². The van der Waals surface area contributed by atoms with Crippen molar-refractivity contribution in [3.8, 4) is 0 Å². The molecule has 0 atom stereocenters. The van der Waals surface area contributed by atoms with Crippen molar-refractivity contribution in [2.45, 2.75) is 31.8 Å². The van der Waals surface area contributed by atoms with Crippen LogP contribution in [0.5, 0.6) is 0 Å². The van der Waals surface area contributed by atoms with Gasteiger partial charge in [0.2, 0.25) is 5.91 Å². The molecule has 0 aliphatic heterocycles. The molecule has 1 aromatic heterocycles. The minimum Gasteiger partial charge on any atom is -0.478 e. The third kappa shape index (κ3) is 3.89. The van der Waals surface area contributed by atoms with E-state index in [-0.39, 0.29) is 11.5 Å². The highest BCUT2D eigenvalue weighted by molar-refractivity contribution is 5.87. The van der Waals surface area contributed by atoms with Crippen LogP contribution in [-0.2, 0) is 11.3 Å². The Balaban J connectivity index is 1.61. The topological polar surface area (TPSA) is 91.6 Å². The lowest BCUT2D eigenvalue weighted by atomic mass is 10.3. The van der Waals surface area contributed by atoms with Gasteiger partial charge >= 0.3 is 5.97 Å². The summed E-state index contributed by atoms with van der Waals surface area (Å²) in [5.74, 6) is -0.403. The number of carbonyl (C=O) groups is 2. The molecule has 1 amide bonds. The quantitative estimate of drug-likeness (QED) is 0.622. The second-order valence-corrected chi connectivity index (χ2v) is 4.38. The zero-order valence-electron chi connectivity index (χ0n) is 9.94. The Morgan fingerprint density at radius 2 is 2.22 bits per heavy atom. The number of carbonyl (C=O) groups excluding carboxylic acids is 1. The first kappa shape index (κ1) is 12.6. The highest BCUT2D eigenvalue weighted by Gasteiger charge is 2.22. The van der Waals surface area contributed by atoms with E-state index in [1.165, 1.54) is 12.3 Å². The van der Waals surface area contributed by atoms with Crippen LogP contribution in [0.2, 0.25) is 0 Å². The van der Waals surface area contributed by atoms with Gasteiger partial charge in [-0.05, 0) is 18.9 Å². The average molecular weight is 252 g/mol. The van der Waals surface area contributed by atoms with E-state index in [9.17, 15) is 9.59 Å². The molecule has 1 heterocycles. The van der Waals surface area contributed by atoms with E-state index in [1.807, 2.05) is 0 Å². The van der Waals surface area contributed by atoms with E-state index in [1.54, 1.807) is 0 Å². The summed E-state index contributed by atoms with van der Waals surface area (Å²) in [7, 11) is 0. The van der Waals surface area contributed by atoms with Gasteiger partial charge in [-0.15, -0.1) is 0 Å². The summed E-state index contributed by atoms with van der Waals surface area (Å²) in [4.78, 5) is 22.0. The van der Waals surface area contributed by atoms with Gasteiger partial charge in [0.15, 0.2) is 0 Å². The standard InChI is InChI=1S/C12H16N2O4/c15-11(14-9-1-2-9)3-4-13-6-10-5-8(7-18-10)12(16)17/h5,7,9,13H,1-4,6H2,(H,14,15)(H,16,17). The fourth-order valence-electron chi connectivity index (χ4n) is 1.53. The summed E-state index contributed by atoms with van der Waals surface area (Å²) in [5.41, 5.74) is 0.137. The number of nitrogens with one attached hydrogen (secondary N) is 2. The summed E-state index contributed by atoms with van der Waals surface area (Å²) in [6.45, 7) is 0.964. The molecule has 1 aliphatic rings. The number of furan rings is 1. The zero-order chi connectivity index (χ0) is 13.0. The Hall–Kier alpha value is -1.82. The Bertz CT molecular complexity index is 437. The predicted molar refractivity (Wildman–Crippen MR) is 63.2 cm³/mol. The molecular weight excluding hydrogens is 236 g/mol. The van der Waals surface area contributed by atoms with Crippen LogP contribution < -0.4 is 10.6 Å². The molecule has 6 heteroatoms. The predicted octanol–water partition coefficient (Wildman–Crippen LogP) is 0.736. The summed E-state index contributed by atoms with van der Waals surface area (Å²) < 4.78 is 5.06. The number of hydrogen-bond acceptors (Lipinski definition) is 4. The lowest BCUT2D eigenvalue weighted by Crippen LogP contribution is -2.28. The summed E-state index contributed by atoms with van der Waals surface area (Å²) in [6, 6.07) is 1.86. The smallest absolute Gasteiger partial charge is 0.338 e. The van der Waals surface area contributed by atoms with Crippen LogP contribution in [-0.4, -0.2) is 29.6 Å². The first-order valence-electron chi connectivity index (χ1n) is 5.96. The Kier molecular flexibility index (Phi) is 3.99. The Labute approximate surface area is 104 Å². The van der Waals surface area contributed by atoms with Crippen LogP contribution in [0.1, 0.15) is 35.4 Å². The van der Waals surface area contributed by atoms with Crippen LogP contribution in [0.15, 0.2) is 16.7 Å². The third-order valence-electron chi connectivity index (χ3n) is 2.67. The largest absolute Gasteiger partial charge is 0.478 e. The van der Waals surface area contributed by atoms with Crippen LogP contribution in [0.3, 0.4) is 0 Å². The van der Waals surface area contributed by atoms with Crippen LogP contribution in [0, 0.1) is 0 Å². The average Bonchev–Trinajstić information content (AvgIpc) is 2.99. The van der Waals surface area contributed by atoms with Gasteiger partial charge in [-0.2, -0.15) is 0 Å². The molecule has 2 rings (SSSR count). The molecule has 1 saturated carbocycles. The zero-order valence-corrected chi connectivity index (χ0v) is 9.94. The van der Waals surface area contributed by atoms with E-state index < -0.39 is 5.97 Å². The molecule has 0 radical (unpaired) electrons. The number of carboxylic acids is 1. The van der Waals surface area contributed by atoms with Gasteiger partial charge in [-0.3, -0.25) is 4.79 Å². The molecule has 1 aliphatic carbocycles. The van der Waals surface area contributed by atoms with Crippen molar-refractivity contribution in [1.29, 1.82) is 0 Å². The van der Waals surface area contributed by atoms with Gasteiger partial charge in [0.1, 0.15) is 12.0 Å². The fourth-order valence-corrected chi connectivity index (χ4v) is 1.53. The monoisotopic (exact) mass is 252 g/mol. The van der Waals surface area contributed by atoms with Crippen molar-refractivity contribution in [2.24, 2.45) is 0 Å². The van der Waals surface area contributed by atoms with E-state index in [0.29, 0.717) is 31.3 Å². The van der Waals surface area contributed by atoms with E-state index >= 15 is 0 Å². The van der Waals surface area contributed by atoms with Crippen molar-refractivity contribution in [1.82, 2.24) is 10.6 Å². The van der Waals surface area contributed by atoms with Gasteiger partial charge < -0.3 is 20.2 Å². The van der Waals surface area contributed by atoms with Gasteiger partial charge in [-0.1, -0.05) is 0 Å². The molecule has 18 heavy (non-hydrogen) atoms. The lowest BCUT2D eigenvalue weighted by Gasteiger charge is -2.03. The van der Waals surface area contributed by atoms with E-state index in [0.717, 1.165) is 12.8 Å². The van der Waals surface area contributed by atoms with Gasteiger partial charge in [0.25, 0.3) is 0 Å². The second-order valence-electron chi connectivity index (χ2n) is 4.38. The number of amides is 1. The first-order chi connectivity index (χ1) is 8.65. The molecule has 6 nitrogen and oxygen atoms in total. The first-order valence-corrected chi connectivity index (χ1v) is 5.96. The summed E-state index contributed by atoms with van der Waals surface area (Å²) in [5, 5.41) is 14.6. The van der Waals surface area contributed by atoms with Crippen molar-refractivity contribution >= 4 is 11.9 Å². The van der Waals surface area contributed by atoms with Gasteiger partial charge in [0.05, 0.1) is 12.1 Å². The van der Waals surface area contributed by atoms with E-state index in [2.05, 4.69) is 10.6 Å². The molecule has 0 aromatic carbocycles. The summed E-state index contributed by atoms with van der Waals surface area (Å²) >= 11 is 0. The fraction of sp³-hybridized carbons (Fsp3) is 0.500. The molecule has 1 fully saturated rings. The van der Waals surface area contributed by atoms with E-state index in [4.69, 9.17) is 9.52 Å². The third-order valence-corrected chi connectivity index (χ3v) is 2.67. The number of rotatable bonds is 7. The van der Waals surface area contributed by atoms with Crippen LogP contribution in [0.25, 0.3) is 0 Å². The molecular formula is C12H16N2O4. The van der Waals surface area contributed by atoms with Crippen LogP contribution in [0.4, 0.5) is 0 Å². The molecule has 1 aromatic rings. The maximum Gasteiger partial charge on any atom is 0.338 e. The normalized spacial score (nSPS) is 14.4. The SMILES string of the molecule is O=C(CCNCc1cc(C(=O)O)co1)NC1CC1. The van der Waals surface area contributed by atoms with Crippen molar-refractivity contribution in [3.05, 3.63) is 23.7 Å². The van der Waals surface area contributed by atoms with Crippen LogP contribution >= 0.6 is 0 Å². The molecule has 0 spiro atoms. The highest BCUT2D eigenvalue weighted by Crippen LogP contribution is 2.18. The van der Waals surface area contributed by atoms with Crippen molar-refractivity contribution in [2.75, 3.05) is 6.54 Å².